The monoisotopic (exact) mass is 195 g/mol. The van der Waals surface area contributed by atoms with Gasteiger partial charge in [-0.05, 0) is 57.2 Å². The Labute approximate surface area is 84.6 Å². The molecule has 0 aliphatic rings. The Hall–Kier alpha value is -1.22. The van der Waals surface area contributed by atoms with Crippen LogP contribution in [-0.4, -0.2) is 35.8 Å². The van der Waals surface area contributed by atoms with Gasteiger partial charge in [0.2, 0.25) is 0 Å². The summed E-state index contributed by atoms with van der Waals surface area (Å²) in [6.07, 6.45) is 1.77. The number of hydrogen-bond donors (Lipinski definition) is 2. The number of rotatable bonds is 4. The van der Waals surface area contributed by atoms with Gasteiger partial charge in [-0.2, -0.15) is 0 Å². The smallest absolute Gasteiger partial charge is 0.119 e. The Kier molecular flexibility index (Phi) is 3.77. The molecule has 0 fully saturated rings. The van der Waals surface area contributed by atoms with Crippen LogP contribution in [0.4, 0.5) is 0 Å². The number of nitrogens with zero attached hydrogens (tertiary/aromatic N) is 1. The predicted octanol–water partition coefficient (Wildman–Crippen LogP) is 1.59. The standard InChI is InChI=1S/C11H17NO2/c1-12(2)7-3-4-9-8-10(13)5-6-11(9)14/h5-6,8,13-14H,3-4,7H2,1-2H3. The van der Waals surface area contributed by atoms with Gasteiger partial charge in [-0.1, -0.05) is 0 Å². The molecule has 1 aromatic carbocycles. The van der Waals surface area contributed by atoms with E-state index >= 15 is 0 Å². The van der Waals surface area contributed by atoms with E-state index in [4.69, 9.17) is 0 Å². The molecule has 0 heterocycles. The van der Waals surface area contributed by atoms with Crippen molar-refractivity contribution in [3.63, 3.8) is 0 Å². The van der Waals surface area contributed by atoms with Crippen LogP contribution in [0.15, 0.2) is 18.2 Å². The van der Waals surface area contributed by atoms with Crippen LogP contribution in [0.25, 0.3) is 0 Å². The first-order valence-corrected chi connectivity index (χ1v) is 4.75. The van der Waals surface area contributed by atoms with Crippen molar-refractivity contribution in [3.05, 3.63) is 23.8 Å². The third kappa shape index (κ3) is 3.26. The second-order valence-electron chi connectivity index (χ2n) is 3.72. The van der Waals surface area contributed by atoms with E-state index in [-0.39, 0.29) is 11.5 Å². The van der Waals surface area contributed by atoms with Gasteiger partial charge >= 0.3 is 0 Å². The summed E-state index contributed by atoms with van der Waals surface area (Å²) in [6, 6.07) is 4.64. The average Bonchev–Trinajstić information content (AvgIpc) is 2.10. The summed E-state index contributed by atoms with van der Waals surface area (Å²) in [5.74, 6) is 0.476. The highest BCUT2D eigenvalue weighted by Crippen LogP contribution is 2.23. The SMILES string of the molecule is CN(C)CCCc1cc(O)ccc1O. The van der Waals surface area contributed by atoms with E-state index < -0.39 is 0 Å². The van der Waals surface area contributed by atoms with E-state index in [1.165, 1.54) is 12.1 Å². The molecule has 1 rings (SSSR count). The normalized spacial score (nSPS) is 10.8. The van der Waals surface area contributed by atoms with Crippen LogP contribution in [0.1, 0.15) is 12.0 Å². The molecule has 78 valence electrons. The summed E-state index contributed by atoms with van der Waals surface area (Å²) >= 11 is 0. The van der Waals surface area contributed by atoms with Crippen molar-refractivity contribution >= 4 is 0 Å². The molecule has 0 aromatic heterocycles. The van der Waals surface area contributed by atoms with Gasteiger partial charge in [0, 0.05) is 0 Å². The van der Waals surface area contributed by atoms with E-state index in [0.717, 1.165) is 24.9 Å². The fraction of sp³-hybridized carbons (Fsp3) is 0.455. The van der Waals surface area contributed by atoms with Crippen molar-refractivity contribution in [3.8, 4) is 11.5 Å². The Morgan fingerprint density at radius 2 is 1.93 bits per heavy atom. The van der Waals surface area contributed by atoms with E-state index in [2.05, 4.69) is 4.90 Å². The summed E-state index contributed by atoms with van der Waals surface area (Å²) in [4.78, 5) is 2.10. The van der Waals surface area contributed by atoms with Crippen molar-refractivity contribution in [1.82, 2.24) is 4.90 Å². The number of phenolic OH excluding ortho intramolecular Hbond substituents is 2. The number of phenols is 2. The lowest BCUT2D eigenvalue weighted by Crippen LogP contribution is -2.13. The van der Waals surface area contributed by atoms with Crippen molar-refractivity contribution in [2.24, 2.45) is 0 Å². The molecule has 1 aromatic rings. The number of hydrogen-bond acceptors (Lipinski definition) is 3. The van der Waals surface area contributed by atoms with Crippen molar-refractivity contribution in [2.75, 3.05) is 20.6 Å². The Morgan fingerprint density at radius 3 is 2.57 bits per heavy atom. The van der Waals surface area contributed by atoms with E-state index in [0.29, 0.717) is 0 Å². The molecule has 0 unspecified atom stereocenters. The second-order valence-corrected chi connectivity index (χ2v) is 3.72. The number of benzene rings is 1. The number of aryl methyl sites for hydroxylation is 1. The molecule has 14 heavy (non-hydrogen) atoms. The lowest BCUT2D eigenvalue weighted by molar-refractivity contribution is 0.397. The Bertz CT molecular complexity index is 297. The van der Waals surface area contributed by atoms with Gasteiger partial charge in [0.25, 0.3) is 0 Å². The first kappa shape index (κ1) is 10.9. The summed E-state index contributed by atoms with van der Waals surface area (Å²) in [6.45, 7) is 0.981. The molecule has 3 nitrogen and oxygen atoms in total. The molecule has 0 amide bonds. The van der Waals surface area contributed by atoms with E-state index in [9.17, 15) is 10.2 Å². The summed E-state index contributed by atoms with van der Waals surface area (Å²) in [5, 5.41) is 18.7. The van der Waals surface area contributed by atoms with Crippen LogP contribution < -0.4 is 0 Å². The van der Waals surface area contributed by atoms with Crippen LogP contribution in [0.3, 0.4) is 0 Å². The van der Waals surface area contributed by atoms with Crippen molar-refractivity contribution in [2.45, 2.75) is 12.8 Å². The first-order chi connectivity index (χ1) is 6.59. The summed E-state index contributed by atoms with van der Waals surface area (Å²) < 4.78 is 0. The third-order valence-electron chi connectivity index (χ3n) is 2.11. The van der Waals surface area contributed by atoms with E-state index in [1.54, 1.807) is 6.07 Å². The van der Waals surface area contributed by atoms with Gasteiger partial charge < -0.3 is 15.1 Å². The lowest BCUT2D eigenvalue weighted by Gasteiger charge is -2.09. The first-order valence-electron chi connectivity index (χ1n) is 4.75. The zero-order chi connectivity index (χ0) is 10.6. The van der Waals surface area contributed by atoms with Crippen LogP contribution >= 0.6 is 0 Å². The Morgan fingerprint density at radius 1 is 1.21 bits per heavy atom. The molecule has 0 aliphatic heterocycles. The van der Waals surface area contributed by atoms with Crippen LogP contribution in [-0.2, 0) is 6.42 Å². The van der Waals surface area contributed by atoms with Crippen LogP contribution in [0.5, 0.6) is 11.5 Å². The topological polar surface area (TPSA) is 43.7 Å². The fourth-order valence-corrected chi connectivity index (χ4v) is 1.36. The zero-order valence-electron chi connectivity index (χ0n) is 8.70. The molecule has 0 saturated heterocycles. The summed E-state index contributed by atoms with van der Waals surface area (Å²) in [5.41, 5.74) is 0.812. The van der Waals surface area contributed by atoms with Gasteiger partial charge in [-0.15, -0.1) is 0 Å². The minimum atomic E-state index is 0.211. The van der Waals surface area contributed by atoms with Gasteiger partial charge in [-0.25, -0.2) is 0 Å². The van der Waals surface area contributed by atoms with E-state index in [1.807, 2.05) is 14.1 Å². The minimum absolute atomic E-state index is 0.211. The van der Waals surface area contributed by atoms with Gasteiger partial charge in [0.1, 0.15) is 11.5 Å². The zero-order valence-corrected chi connectivity index (χ0v) is 8.70. The highest BCUT2D eigenvalue weighted by Gasteiger charge is 2.02. The average molecular weight is 195 g/mol. The van der Waals surface area contributed by atoms with Gasteiger partial charge in [-0.3, -0.25) is 0 Å². The molecular weight excluding hydrogens is 178 g/mol. The van der Waals surface area contributed by atoms with Crippen molar-refractivity contribution in [1.29, 1.82) is 0 Å². The highest BCUT2D eigenvalue weighted by atomic mass is 16.3. The van der Waals surface area contributed by atoms with Crippen molar-refractivity contribution < 1.29 is 10.2 Å². The molecule has 0 atom stereocenters. The summed E-state index contributed by atoms with van der Waals surface area (Å²) in [7, 11) is 4.03. The molecule has 0 saturated carbocycles. The predicted molar refractivity (Wildman–Crippen MR) is 56.6 cm³/mol. The molecule has 0 bridgehead atoms. The highest BCUT2D eigenvalue weighted by molar-refractivity contribution is 5.38. The molecule has 0 aliphatic carbocycles. The molecule has 0 radical (unpaired) electrons. The maximum atomic E-state index is 9.48. The maximum absolute atomic E-state index is 9.48. The third-order valence-corrected chi connectivity index (χ3v) is 2.11. The Balaban J connectivity index is 2.53. The van der Waals surface area contributed by atoms with Crippen LogP contribution in [0, 0.1) is 0 Å². The lowest BCUT2D eigenvalue weighted by atomic mass is 10.1. The maximum Gasteiger partial charge on any atom is 0.119 e. The second kappa shape index (κ2) is 4.86. The van der Waals surface area contributed by atoms with Gasteiger partial charge in [0.15, 0.2) is 0 Å². The van der Waals surface area contributed by atoms with Crippen LogP contribution in [0.2, 0.25) is 0 Å². The molecule has 3 heteroatoms. The molecule has 2 N–H and O–H groups in total. The number of aromatic hydroxyl groups is 2. The minimum Gasteiger partial charge on any atom is -0.508 e. The molecular formula is C11H17NO2. The molecule has 0 spiro atoms. The largest absolute Gasteiger partial charge is 0.508 e. The quantitative estimate of drug-likeness (QED) is 0.717. The fourth-order valence-electron chi connectivity index (χ4n) is 1.36. The van der Waals surface area contributed by atoms with Gasteiger partial charge in [0.05, 0.1) is 0 Å².